The Labute approximate surface area is 117 Å². The zero-order valence-electron chi connectivity index (χ0n) is 12.5. The van der Waals surface area contributed by atoms with Gasteiger partial charge in [0, 0.05) is 12.0 Å². The summed E-state index contributed by atoms with van der Waals surface area (Å²) in [4.78, 5) is 14.7. The predicted octanol–water partition coefficient (Wildman–Crippen LogP) is 2.62. The lowest BCUT2D eigenvalue weighted by molar-refractivity contribution is -0.136. The molecule has 0 amide bonds. The summed E-state index contributed by atoms with van der Waals surface area (Å²) in [5, 5.41) is 10.3. The first-order chi connectivity index (χ1) is 9.09. The van der Waals surface area contributed by atoms with E-state index in [1.807, 2.05) is 0 Å². The van der Waals surface area contributed by atoms with Gasteiger partial charge in [-0.3, -0.25) is 4.79 Å². The Morgan fingerprint density at radius 2 is 1.58 bits per heavy atom. The Bertz CT molecular complexity index is 289. The molecule has 1 unspecified atom stereocenters. The van der Waals surface area contributed by atoms with Crippen LogP contribution in [0, 0.1) is 11.8 Å². The third-order valence-corrected chi connectivity index (χ3v) is 5.22. The summed E-state index contributed by atoms with van der Waals surface area (Å²) in [6, 6.07) is 0.621. The number of aliphatic hydroxyl groups is 1. The summed E-state index contributed by atoms with van der Waals surface area (Å²) in [7, 11) is 4.23. The number of aliphatic hydroxyl groups excluding tert-OH is 1. The molecule has 0 aromatic carbocycles. The fourth-order valence-electron chi connectivity index (χ4n) is 3.80. The minimum Gasteiger partial charge on any atom is -0.385 e. The highest BCUT2D eigenvalue weighted by atomic mass is 16.3. The highest BCUT2D eigenvalue weighted by Gasteiger charge is 2.34. The van der Waals surface area contributed by atoms with Gasteiger partial charge in [-0.05, 0) is 58.5 Å². The molecule has 19 heavy (non-hydrogen) atoms. The van der Waals surface area contributed by atoms with Crippen molar-refractivity contribution < 1.29 is 9.90 Å². The van der Waals surface area contributed by atoms with Crippen LogP contribution in [0.1, 0.15) is 57.8 Å². The first-order valence-electron chi connectivity index (χ1n) is 7.98. The lowest BCUT2D eigenvalue weighted by atomic mass is 9.76. The van der Waals surface area contributed by atoms with Crippen molar-refractivity contribution in [1.29, 1.82) is 0 Å². The second kappa shape index (κ2) is 6.85. The SMILES string of the molecule is CN(C)C1CCC(C(=O)C(O)C2CCCCC2)CC1. The number of rotatable bonds is 4. The fourth-order valence-corrected chi connectivity index (χ4v) is 3.80. The topological polar surface area (TPSA) is 40.5 Å². The lowest BCUT2D eigenvalue weighted by Gasteiger charge is -2.34. The maximum Gasteiger partial charge on any atom is 0.164 e. The lowest BCUT2D eigenvalue weighted by Crippen LogP contribution is -2.39. The van der Waals surface area contributed by atoms with Crippen molar-refractivity contribution in [3.05, 3.63) is 0 Å². The number of carbonyl (C=O) groups excluding carboxylic acids is 1. The van der Waals surface area contributed by atoms with Crippen molar-refractivity contribution in [3.63, 3.8) is 0 Å². The molecule has 2 fully saturated rings. The highest BCUT2D eigenvalue weighted by molar-refractivity contribution is 5.85. The van der Waals surface area contributed by atoms with Crippen LogP contribution < -0.4 is 0 Å². The van der Waals surface area contributed by atoms with E-state index < -0.39 is 6.10 Å². The second-order valence-corrected chi connectivity index (χ2v) is 6.71. The molecule has 0 spiro atoms. The number of Topliss-reactive ketones (excluding diaryl/α,β-unsaturated/α-hetero) is 1. The molecule has 3 heteroatoms. The van der Waals surface area contributed by atoms with E-state index in [0.29, 0.717) is 6.04 Å². The van der Waals surface area contributed by atoms with Gasteiger partial charge in [0.05, 0.1) is 0 Å². The first-order valence-corrected chi connectivity index (χ1v) is 7.98. The van der Waals surface area contributed by atoms with E-state index >= 15 is 0 Å². The molecule has 0 bridgehead atoms. The molecule has 110 valence electrons. The summed E-state index contributed by atoms with van der Waals surface area (Å²) >= 11 is 0. The van der Waals surface area contributed by atoms with Gasteiger partial charge < -0.3 is 10.0 Å². The smallest absolute Gasteiger partial charge is 0.164 e. The maximum atomic E-state index is 12.4. The third kappa shape index (κ3) is 3.79. The molecular weight excluding hydrogens is 238 g/mol. The zero-order chi connectivity index (χ0) is 13.8. The van der Waals surface area contributed by atoms with Crippen molar-refractivity contribution in [2.45, 2.75) is 69.9 Å². The largest absolute Gasteiger partial charge is 0.385 e. The number of hydrogen-bond donors (Lipinski definition) is 1. The van der Waals surface area contributed by atoms with Gasteiger partial charge in [-0.15, -0.1) is 0 Å². The Hall–Kier alpha value is -0.410. The summed E-state index contributed by atoms with van der Waals surface area (Å²) in [5.74, 6) is 0.505. The average molecular weight is 267 g/mol. The van der Waals surface area contributed by atoms with Crippen LogP contribution in [-0.2, 0) is 4.79 Å². The molecule has 1 N–H and O–H groups in total. The van der Waals surface area contributed by atoms with Crippen LogP contribution in [0.4, 0.5) is 0 Å². The van der Waals surface area contributed by atoms with Crippen LogP contribution in [0.3, 0.4) is 0 Å². The summed E-state index contributed by atoms with van der Waals surface area (Å²) in [6.07, 6.45) is 9.16. The summed E-state index contributed by atoms with van der Waals surface area (Å²) in [5.41, 5.74) is 0. The minimum absolute atomic E-state index is 0.119. The standard InChI is InChI=1S/C16H29NO2/c1-17(2)14-10-8-13(9-11-14)16(19)15(18)12-6-4-3-5-7-12/h12-15,18H,3-11H2,1-2H3. The van der Waals surface area contributed by atoms with E-state index in [0.717, 1.165) is 38.5 Å². The molecule has 2 saturated carbocycles. The van der Waals surface area contributed by atoms with Crippen molar-refractivity contribution >= 4 is 5.78 Å². The van der Waals surface area contributed by atoms with Crippen LogP contribution in [-0.4, -0.2) is 42.0 Å². The maximum absolute atomic E-state index is 12.4. The summed E-state index contributed by atoms with van der Waals surface area (Å²) in [6.45, 7) is 0. The average Bonchev–Trinajstić information content (AvgIpc) is 2.46. The molecular formula is C16H29NO2. The molecule has 2 rings (SSSR count). The monoisotopic (exact) mass is 267 g/mol. The predicted molar refractivity (Wildman–Crippen MR) is 77.0 cm³/mol. The Morgan fingerprint density at radius 3 is 2.11 bits per heavy atom. The van der Waals surface area contributed by atoms with Crippen molar-refractivity contribution in [3.8, 4) is 0 Å². The van der Waals surface area contributed by atoms with E-state index in [2.05, 4.69) is 19.0 Å². The van der Waals surface area contributed by atoms with Gasteiger partial charge in [-0.25, -0.2) is 0 Å². The molecule has 1 atom stereocenters. The van der Waals surface area contributed by atoms with E-state index in [1.54, 1.807) is 0 Å². The number of hydrogen-bond acceptors (Lipinski definition) is 3. The molecule has 0 aromatic rings. The molecule has 3 nitrogen and oxygen atoms in total. The van der Waals surface area contributed by atoms with Crippen molar-refractivity contribution in [2.24, 2.45) is 11.8 Å². The molecule has 2 aliphatic carbocycles. The van der Waals surface area contributed by atoms with Gasteiger partial charge in [0.15, 0.2) is 5.78 Å². The Balaban J connectivity index is 1.83. The molecule has 0 saturated heterocycles. The van der Waals surface area contributed by atoms with Gasteiger partial charge in [-0.1, -0.05) is 19.3 Å². The van der Waals surface area contributed by atoms with E-state index in [9.17, 15) is 9.90 Å². The van der Waals surface area contributed by atoms with Crippen molar-refractivity contribution in [1.82, 2.24) is 4.90 Å². The Kier molecular flexibility index (Phi) is 5.40. The molecule has 2 aliphatic rings. The number of nitrogens with zero attached hydrogens (tertiary/aromatic N) is 1. The van der Waals surface area contributed by atoms with Gasteiger partial charge in [0.1, 0.15) is 6.10 Å². The quantitative estimate of drug-likeness (QED) is 0.851. The second-order valence-electron chi connectivity index (χ2n) is 6.71. The van der Waals surface area contributed by atoms with Gasteiger partial charge in [0.2, 0.25) is 0 Å². The fraction of sp³-hybridized carbons (Fsp3) is 0.938. The van der Waals surface area contributed by atoms with E-state index in [1.165, 1.54) is 19.3 Å². The molecule has 0 radical (unpaired) electrons. The number of ketones is 1. The number of carbonyl (C=O) groups is 1. The van der Waals surface area contributed by atoms with Crippen molar-refractivity contribution in [2.75, 3.05) is 14.1 Å². The zero-order valence-corrected chi connectivity index (χ0v) is 12.5. The Morgan fingerprint density at radius 1 is 1.00 bits per heavy atom. The van der Waals surface area contributed by atoms with Crippen LogP contribution in [0.5, 0.6) is 0 Å². The van der Waals surface area contributed by atoms with Gasteiger partial charge >= 0.3 is 0 Å². The van der Waals surface area contributed by atoms with Crippen LogP contribution >= 0.6 is 0 Å². The minimum atomic E-state index is -0.679. The van der Waals surface area contributed by atoms with E-state index in [4.69, 9.17) is 0 Å². The van der Waals surface area contributed by atoms with Crippen LogP contribution in [0.25, 0.3) is 0 Å². The van der Waals surface area contributed by atoms with Crippen LogP contribution in [0.15, 0.2) is 0 Å². The van der Waals surface area contributed by atoms with Gasteiger partial charge in [-0.2, -0.15) is 0 Å². The van der Waals surface area contributed by atoms with Gasteiger partial charge in [0.25, 0.3) is 0 Å². The normalized spacial score (nSPS) is 31.4. The molecule has 0 aliphatic heterocycles. The third-order valence-electron chi connectivity index (χ3n) is 5.22. The van der Waals surface area contributed by atoms with Crippen LogP contribution in [0.2, 0.25) is 0 Å². The summed E-state index contributed by atoms with van der Waals surface area (Å²) < 4.78 is 0. The highest BCUT2D eigenvalue weighted by Crippen LogP contribution is 2.32. The molecule has 0 aromatic heterocycles. The van der Waals surface area contributed by atoms with E-state index in [-0.39, 0.29) is 17.6 Å². The molecule has 0 heterocycles. The first kappa shape index (κ1) is 15.0.